The maximum atomic E-state index is 13.6. The molecule has 2 aliphatic carbocycles. The highest BCUT2D eigenvalue weighted by Crippen LogP contribution is 2.39. The minimum Gasteiger partial charge on any atom is -0.385 e. The summed E-state index contributed by atoms with van der Waals surface area (Å²) in [5.41, 5.74) is 7.75. The summed E-state index contributed by atoms with van der Waals surface area (Å²) in [6.07, 6.45) is 5.07. The average Bonchev–Trinajstić information content (AvgIpc) is 3.64. The van der Waals surface area contributed by atoms with Gasteiger partial charge in [-0.1, -0.05) is 35.8 Å². The Morgan fingerprint density at radius 3 is 2.31 bits per heavy atom. The third-order valence-corrected chi connectivity index (χ3v) is 12.2. The van der Waals surface area contributed by atoms with Crippen molar-refractivity contribution in [3.8, 4) is 17.2 Å². The summed E-state index contributed by atoms with van der Waals surface area (Å²) in [4.78, 5) is 55.8. The van der Waals surface area contributed by atoms with Crippen LogP contribution < -0.4 is 10.2 Å². The molecule has 284 valence electrons. The summed E-state index contributed by atoms with van der Waals surface area (Å²) in [6.45, 7) is 9.31. The van der Waals surface area contributed by atoms with Crippen molar-refractivity contribution in [3.05, 3.63) is 93.3 Å². The molecule has 1 aliphatic heterocycles. The first-order valence-corrected chi connectivity index (χ1v) is 19.6. The Labute approximate surface area is 326 Å². The number of ketones is 2. The number of benzene rings is 3. The van der Waals surface area contributed by atoms with Crippen LogP contribution in [0.1, 0.15) is 102 Å². The fourth-order valence-corrected chi connectivity index (χ4v) is 8.71. The third-order valence-electron chi connectivity index (χ3n) is 11.8. The monoisotopic (exact) mass is 759 g/mol. The average molecular weight is 760 g/mol. The smallest absolute Gasteiger partial charge is 0.262 e. The number of Topliss-reactive ketones (excluding diaryl/α,β-unsaturated/α-hetero) is 2. The lowest BCUT2D eigenvalue weighted by Crippen LogP contribution is -2.46. The molecule has 4 aromatic rings. The number of fused-ring (bicyclic) bond motifs is 1. The fourth-order valence-electron chi connectivity index (χ4n) is 8.49. The van der Waals surface area contributed by atoms with Gasteiger partial charge in [-0.25, -0.2) is 0 Å². The molecule has 0 saturated heterocycles. The molecule has 2 heterocycles. The quantitative estimate of drug-likeness (QED) is 0.166. The standard InChI is InChI=1S/C44H46ClN5O5/c1-25-5-11-31(42-27(3)48-55-28(42)4)19-39(25)49(34-14-12-32(22-46)37(45)21-34)24-30-9-7-29(8-10-30)23-47-33-13-15-35-36(20-33)44(54)50(43(35)53)38-16-18-40(51)26(2)6-17-41(38)52/h5,11-15,19-21,26,29-30,38,47H,6-10,16-18,23-24H2,1-4H3. The van der Waals surface area contributed by atoms with Gasteiger partial charge in [0.15, 0.2) is 5.78 Å². The predicted molar refractivity (Wildman–Crippen MR) is 212 cm³/mol. The third kappa shape index (κ3) is 7.68. The van der Waals surface area contributed by atoms with E-state index in [1.807, 2.05) is 39.0 Å². The zero-order valence-corrected chi connectivity index (χ0v) is 32.5. The van der Waals surface area contributed by atoms with E-state index in [4.69, 9.17) is 16.1 Å². The van der Waals surface area contributed by atoms with Crippen LogP contribution in [-0.2, 0) is 9.59 Å². The molecule has 0 radical (unpaired) electrons. The molecular formula is C44H46ClN5O5. The highest BCUT2D eigenvalue weighted by molar-refractivity contribution is 6.32. The number of hydrogen-bond acceptors (Lipinski definition) is 9. The fraction of sp³-hybridized carbons (Fsp3) is 0.409. The van der Waals surface area contributed by atoms with Crippen LogP contribution in [0.4, 0.5) is 17.1 Å². The van der Waals surface area contributed by atoms with Crippen LogP contribution in [0.2, 0.25) is 5.02 Å². The number of nitrogens with one attached hydrogen (secondary N) is 1. The van der Waals surface area contributed by atoms with Crippen molar-refractivity contribution in [3.63, 3.8) is 0 Å². The van der Waals surface area contributed by atoms with Crippen molar-refractivity contribution in [1.82, 2.24) is 10.1 Å². The van der Waals surface area contributed by atoms with E-state index < -0.39 is 17.9 Å². The number of aromatic nitrogens is 1. The van der Waals surface area contributed by atoms with Crippen molar-refractivity contribution in [2.45, 2.75) is 85.1 Å². The predicted octanol–water partition coefficient (Wildman–Crippen LogP) is 9.16. The highest BCUT2D eigenvalue weighted by Gasteiger charge is 2.43. The van der Waals surface area contributed by atoms with Gasteiger partial charge < -0.3 is 14.7 Å². The number of halogens is 1. The number of imide groups is 1. The Balaban J connectivity index is 1.02. The summed E-state index contributed by atoms with van der Waals surface area (Å²) in [5.74, 6) is 0.391. The maximum absolute atomic E-state index is 13.6. The van der Waals surface area contributed by atoms with Gasteiger partial charge in [-0.2, -0.15) is 5.26 Å². The van der Waals surface area contributed by atoms with Crippen molar-refractivity contribution in [2.24, 2.45) is 17.8 Å². The molecule has 2 saturated carbocycles. The molecule has 0 spiro atoms. The van der Waals surface area contributed by atoms with Crippen LogP contribution in [0.3, 0.4) is 0 Å². The van der Waals surface area contributed by atoms with Gasteiger partial charge >= 0.3 is 0 Å². The van der Waals surface area contributed by atoms with Crippen LogP contribution in [0, 0.1) is 49.9 Å². The van der Waals surface area contributed by atoms with E-state index in [0.717, 1.165) is 88.9 Å². The summed E-state index contributed by atoms with van der Waals surface area (Å²) in [7, 11) is 0. The number of nitriles is 1. The normalized spacial score (nSPS) is 21.6. The van der Waals surface area contributed by atoms with E-state index >= 15 is 0 Å². The van der Waals surface area contributed by atoms with Crippen LogP contribution in [0.25, 0.3) is 11.1 Å². The van der Waals surface area contributed by atoms with Crippen LogP contribution in [0.5, 0.6) is 0 Å². The topological polar surface area (TPSA) is 137 Å². The number of aryl methyl sites for hydroxylation is 3. The number of nitrogens with zero attached hydrogens (tertiary/aromatic N) is 4. The van der Waals surface area contributed by atoms with E-state index in [-0.39, 0.29) is 36.7 Å². The Morgan fingerprint density at radius 2 is 1.60 bits per heavy atom. The Bertz CT molecular complexity index is 2190. The number of anilines is 3. The lowest BCUT2D eigenvalue weighted by molar-refractivity contribution is -0.128. The van der Waals surface area contributed by atoms with Crippen molar-refractivity contribution in [1.29, 1.82) is 5.26 Å². The Hall–Kier alpha value is -5.27. The zero-order valence-electron chi connectivity index (χ0n) is 31.8. The molecule has 10 nitrogen and oxygen atoms in total. The highest BCUT2D eigenvalue weighted by atomic mass is 35.5. The minimum absolute atomic E-state index is 0.0672. The number of hydrogen-bond donors (Lipinski definition) is 1. The summed E-state index contributed by atoms with van der Waals surface area (Å²) >= 11 is 6.58. The van der Waals surface area contributed by atoms with Crippen LogP contribution in [0.15, 0.2) is 59.1 Å². The molecule has 2 atom stereocenters. The first-order valence-electron chi connectivity index (χ1n) is 19.3. The van der Waals surface area contributed by atoms with Gasteiger partial charge in [0.2, 0.25) is 0 Å². The van der Waals surface area contributed by atoms with Crippen molar-refractivity contribution < 1.29 is 23.7 Å². The van der Waals surface area contributed by atoms with E-state index in [2.05, 4.69) is 46.6 Å². The van der Waals surface area contributed by atoms with E-state index in [1.165, 1.54) is 0 Å². The molecule has 7 rings (SSSR count). The van der Waals surface area contributed by atoms with Gasteiger partial charge in [0, 0.05) is 54.5 Å². The van der Waals surface area contributed by atoms with E-state index in [0.29, 0.717) is 40.0 Å². The molecule has 2 unspecified atom stereocenters. The van der Waals surface area contributed by atoms with E-state index in [1.54, 1.807) is 18.2 Å². The largest absolute Gasteiger partial charge is 0.385 e. The maximum Gasteiger partial charge on any atom is 0.262 e. The number of rotatable bonds is 9. The lowest BCUT2D eigenvalue weighted by Gasteiger charge is -2.35. The van der Waals surface area contributed by atoms with Crippen molar-refractivity contribution >= 4 is 52.0 Å². The van der Waals surface area contributed by atoms with Gasteiger partial charge in [0.1, 0.15) is 17.6 Å². The molecule has 11 heteroatoms. The van der Waals surface area contributed by atoms with Crippen LogP contribution >= 0.6 is 11.6 Å². The molecule has 2 amide bonds. The molecule has 3 aromatic carbocycles. The Kier molecular flexibility index (Phi) is 10.9. The van der Waals surface area contributed by atoms with Gasteiger partial charge in [-0.3, -0.25) is 24.1 Å². The second kappa shape index (κ2) is 15.8. The molecule has 0 bridgehead atoms. The van der Waals surface area contributed by atoms with Gasteiger partial charge in [-0.05, 0) is 125 Å². The summed E-state index contributed by atoms with van der Waals surface area (Å²) < 4.78 is 5.49. The molecule has 55 heavy (non-hydrogen) atoms. The molecular weight excluding hydrogens is 714 g/mol. The lowest BCUT2D eigenvalue weighted by atomic mass is 9.81. The molecule has 2 fully saturated rings. The number of carbonyl (C=O) groups excluding carboxylic acids is 4. The second-order valence-corrected chi connectivity index (χ2v) is 15.9. The summed E-state index contributed by atoms with van der Waals surface area (Å²) in [6, 6.07) is 18.5. The SMILES string of the molecule is Cc1ccc(-c2c(C)noc2C)cc1N(CC1CCC(CNc2ccc3c(c2)C(=O)N(C2CCC(=O)C(C)CCC2=O)C3=O)CC1)c1ccc(C#N)c(Cl)c1. The van der Waals surface area contributed by atoms with Gasteiger partial charge in [-0.15, -0.1) is 0 Å². The number of carbonyl (C=O) groups is 4. The minimum atomic E-state index is -0.907. The molecule has 3 aliphatic rings. The van der Waals surface area contributed by atoms with Crippen LogP contribution in [-0.4, -0.2) is 52.6 Å². The first kappa shape index (κ1) is 38.0. The zero-order chi connectivity index (χ0) is 39.0. The second-order valence-electron chi connectivity index (χ2n) is 15.5. The number of amides is 2. The Morgan fingerprint density at radius 1 is 0.873 bits per heavy atom. The van der Waals surface area contributed by atoms with Gasteiger partial charge in [0.25, 0.3) is 11.8 Å². The van der Waals surface area contributed by atoms with E-state index in [9.17, 15) is 24.4 Å². The first-order chi connectivity index (χ1) is 26.4. The molecule has 1 aromatic heterocycles. The summed E-state index contributed by atoms with van der Waals surface area (Å²) in [5, 5.41) is 17.7. The molecule has 1 N–H and O–H groups in total. The van der Waals surface area contributed by atoms with Gasteiger partial charge in [0.05, 0.1) is 33.4 Å². The van der Waals surface area contributed by atoms with Crippen molar-refractivity contribution in [2.75, 3.05) is 23.3 Å².